The number of alkyl halides is 24. The second kappa shape index (κ2) is 22.8. The third kappa shape index (κ3) is 12.7. The molecule has 0 atom stereocenters. The molecule has 0 aliphatic rings. The summed E-state index contributed by atoms with van der Waals surface area (Å²) in [7, 11) is 0. The van der Waals surface area contributed by atoms with Gasteiger partial charge in [0.1, 0.15) is 11.6 Å². The molecule has 0 fully saturated rings. The van der Waals surface area contributed by atoms with Crippen LogP contribution in [0.15, 0.2) is 170 Å². The summed E-state index contributed by atoms with van der Waals surface area (Å²) in [6.07, 6.45) is -43.3. The highest BCUT2D eigenvalue weighted by Gasteiger charge is 2.42. The highest BCUT2D eigenvalue weighted by atomic mass is 19.4. The minimum absolute atomic E-state index is 0.00504. The second-order valence-corrected chi connectivity index (χ2v) is 22.9. The van der Waals surface area contributed by atoms with E-state index in [1.807, 2.05) is 6.07 Å². The molecule has 0 saturated carbocycles. The monoisotopic (exact) mass is 1390 g/mol. The van der Waals surface area contributed by atoms with E-state index < -0.39 is 155 Å². The van der Waals surface area contributed by atoms with E-state index >= 15 is 0 Å². The van der Waals surface area contributed by atoms with E-state index in [4.69, 9.17) is 0 Å². The molecule has 3 aromatic heterocycles. The molecule has 3 heterocycles. The van der Waals surface area contributed by atoms with E-state index in [0.29, 0.717) is 59.9 Å². The zero-order valence-corrected chi connectivity index (χ0v) is 49.0. The van der Waals surface area contributed by atoms with Crippen LogP contribution in [-0.2, 0) is 49.4 Å². The van der Waals surface area contributed by atoms with Gasteiger partial charge in [-0.15, -0.1) is 0 Å². The van der Waals surface area contributed by atoms with Gasteiger partial charge in [0.25, 0.3) is 0 Å². The number of aryl methyl sites for hydroxylation is 2. The van der Waals surface area contributed by atoms with Crippen molar-refractivity contribution < 1.29 is 105 Å². The fraction of sp³-hybridized carbons (Fsp3) is 0.143. The first kappa shape index (κ1) is 67.5. The normalized spacial score (nSPS) is 13.2. The lowest BCUT2D eigenvalue weighted by Gasteiger charge is -2.20. The van der Waals surface area contributed by atoms with Crippen molar-refractivity contribution in [2.24, 2.45) is 0 Å². The van der Waals surface area contributed by atoms with Crippen LogP contribution in [0, 0.1) is 25.2 Å². The number of rotatable bonds is 7. The number of pyridine rings is 1. The SMILES string of the molecule is Cc1cc(-c2cc(-n3c4cc(-c5cc(C(F)(F)F)cc(C(F)(F)F)c5)ccc4c4ccc(-c5cc(C(F)(F)F)cc(C(F)(F)F)c5)cc43)c(C#N)c(-n3c4cc(-c5cc(C(F)(F)F)cc(C(F)(F)F)c5)ccc4c4ccc(-c5cc(C(F)(F)F)cc(C(F)(F)F)c5)cc43)c2)cc(C)n1. The zero-order valence-electron chi connectivity index (χ0n) is 49.0. The quantitative estimate of drug-likeness (QED) is 0.149. The Morgan fingerprint density at radius 3 is 0.643 bits per heavy atom. The highest BCUT2D eigenvalue weighted by molar-refractivity contribution is 6.13. The van der Waals surface area contributed by atoms with E-state index in [9.17, 15) is 111 Å². The highest BCUT2D eigenvalue weighted by Crippen LogP contribution is 2.49. The maximum absolute atomic E-state index is 14.5. The maximum Gasteiger partial charge on any atom is 0.416 e. The summed E-state index contributed by atoms with van der Waals surface area (Å²) in [4.78, 5) is 4.40. The van der Waals surface area contributed by atoms with Gasteiger partial charge in [-0.1, -0.05) is 48.5 Å². The summed E-state index contributed by atoms with van der Waals surface area (Å²) in [5.74, 6) is 0. The van der Waals surface area contributed by atoms with E-state index in [2.05, 4.69) is 4.98 Å². The van der Waals surface area contributed by atoms with Gasteiger partial charge in [-0.3, -0.25) is 4.98 Å². The molecule has 12 aromatic rings. The fourth-order valence-corrected chi connectivity index (χ4v) is 12.0. The molecule has 0 aliphatic carbocycles. The average Bonchev–Trinajstić information content (AvgIpc) is 1.54. The Morgan fingerprint density at radius 2 is 0.449 bits per heavy atom. The van der Waals surface area contributed by atoms with Gasteiger partial charge in [-0.2, -0.15) is 111 Å². The Kier molecular flexibility index (Phi) is 15.7. The predicted molar refractivity (Wildman–Crippen MR) is 314 cm³/mol. The molecule has 0 N–H and O–H groups in total. The minimum atomic E-state index is -5.41. The van der Waals surface area contributed by atoms with Gasteiger partial charge in [0.15, 0.2) is 0 Å². The molecule has 28 heteroatoms. The van der Waals surface area contributed by atoms with Crippen LogP contribution in [0.2, 0.25) is 0 Å². The molecule has 0 amide bonds. The summed E-state index contributed by atoms with van der Waals surface area (Å²) in [6.45, 7) is 3.06. The van der Waals surface area contributed by atoms with Gasteiger partial charge in [-0.25, -0.2) is 0 Å². The standard InChI is InChI=1S/C70H34F24N4/c1-32-11-38(12-33(2)96-32)43-25-61(97-57-21-34(39-13-44(63(71,72)73)27-45(14-39)64(74,75)76)3-7-52(57)53-8-4-35(22-58(53)97)40-15-46(65(77,78)79)28-47(16-40)66(80,81)82)56(31-95)62(26-43)98-59-23-36(41-17-48(67(83,84)85)29-49(18-41)68(86,87)88)5-9-54(59)55-10-6-37(24-60(55)98)42-19-50(69(89,90)91)30-51(20-42)70(92,93)94/h3-30H,1-2H3. The number of hydrogen-bond acceptors (Lipinski definition) is 2. The first-order valence-electron chi connectivity index (χ1n) is 28.2. The third-order valence-electron chi connectivity index (χ3n) is 16.3. The summed E-state index contributed by atoms with van der Waals surface area (Å²) < 4.78 is 350. The van der Waals surface area contributed by atoms with Gasteiger partial charge < -0.3 is 9.13 Å². The van der Waals surface area contributed by atoms with Crippen molar-refractivity contribution in [2.45, 2.75) is 63.3 Å². The number of fused-ring (bicyclic) bond motifs is 6. The van der Waals surface area contributed by atoms with Crippen LogP contribution in [-0.4, -0.2) is 14.1 Å². The van der Waals surface area contributed by atoms with E-state index in [0.717, 1.165) is 57.7 Å². The van der Waals surface area contributed by atoms with E-state index in [-0.39, 0.29) is 79.0 Å². The number of benzene rings is 9. The van der Waals surface area contributed by atoms with Gasteiger partial charge in [-0.05, 0) is 191 Å². The molecule has 98 heavy (non-hydrogen) atoms. The second-order valence-electron chi connectivity index (χ2n) is 22.9. The van der Waals surface area contributed by atoms with Crippen molar-refractivity contribution in [1.29, 1.82) is 5.26 Å². The molecule has 0 aliphatic heterocycles. The molecule has 9 aromatic carbocycles. The van der Waals surface area contributed by atoms with Gasteiger partial charge in [0, 0.05) is 32.9 Å². The maximum atomic E-state index is 14.5. The van der Waals surface area contributed by atoms with Crippen LogP contribution in [0.5, 0.6) is 0 Å². The lowest BCUT2D eigenvalue weighted by molar-refractivity contribution is -0.144. The Morgan fingerprint density at radius 1 is 0.255 bits per heavy atom. The molecular formula is C70H34F24N4. The first-order chi connectivity index (χ1) is 45.3. The average molecular weight is 1390 g/mol. The predicted octanol–water partition coefficient (Wildman–Crippen LogP) is 24.2. The summed E-state index contributed by atoms with van der Waals surface area (Å²) in [6, 6.07) is 23.2. The zero-order chi connectivity index (χ0) is 71.3. The molecule has 0 bridgehead atoms. The fourth-order valence-electron chi connectivity index (χ4n) is 12.0. The molecule has 0 saturated heterocycles. The molecule has 0 unspecified atom stereocenters. The van der Waals surface area contributed by atoms with Crippen molar-refractivity contribution in [3.63, 3.8) is 0 Å². The van der Waals surface area contributed by atoms with Crippen molar-refractivity contribution in [3.8, 4) is 73.1 Å². The van der Waals surface area contributed by atoms with Crippen LogP contribution < -0.4 is 0 Å². The Labute approximate surface area is 534 Å². The molecule has 0 radical (unpaired) electrons. The number of nitrogens with zero attached hydrogens (tertiary/aromatic N) is 4. The number of nitriles is 1. The Balaban J connectivity index is 1.27. The van der Waals surface area contributed by atoms with Crippen LogP contribution in [0.25, 0.3) is 111 Å². The van der Waals surface area contributed by atoms with Crippen molar-refractivity contribution >= 4 is 43.6 Å². The lowest BCUT2D eigenvalue weighted by atomic mass is 9.97. The molecule has 0 spiro atoms. The van der Waals surface area contributed by atoms with Crippen LogP contribution in [0.3, 0.4) is 0 Å². The van der Waals surface area contributed by atoms with Crippen LogP contribution >= 0.6 is 0 Å². The van der Waals surface area contributed by atoms with Crippen LogP contribution in [0.1, 0.15) is 61.5 Å². The Hall–Kier alpha value is -10.5. The first-order valence-corrected chi connectivity index (χ1v) is 28.2. The van der Waals surface area contributed by atoms with Crippen LogP contribution in [0.4, 0.5) is 105 Å². The largest absolute Gasteiger partial charge is 0.416 e. The van der Waals surface area contributed by atoms with Gasteiger partial charge >= 0.3 is 49.4 Å². The van der Waals surface area contributed by atoms with Gasteiger partial charge in [0.05, 0.1) is 77.9 Å². The van der Waals surface area contributed by atoms with Gasteiger partial charge in [0.2, 0.25) is 0 Å². The molecule has 4 nitrogen and oxygen atoms in total. The summed E-state index contributed by atoms with van der Waals surface area (Å²) in [5.41, 5.74) is -20.5. The number of halogens is 24. The summed E-state index contributed by atoms with van der Waals surface area (Å²) >= 11 is 0. The Bertz CT molecular complexity index is 4600. The van der Waals surface area contributed by atoms with E-state index in [1.54, 1.807) is 0 Å². The molecular weight excluding hydrogens is 1350 g/mol. The minimum Gasteiger partial charge on any atom is -0.308 e. The molecule has 502 valence electrons. The van der Waals surface area contributed by atoms with Crippen molar-refractivity contribution in [3.05, 3.63) is 231 Å². The number of hydrogen-bond donors (Lipinski definition) is 0. The van der Waals surface area contributed by atoms with E-state index in [1.165, 1.54) is 62.4 Å². The third-order valence-corrected chi connectivity index (χ3v) is 16.3. The molecule has 12 rings (SSSR count). The topological polar surface area (TPSA) is 46.5 Å². The van der Waals surface area contributed by atoms with Crippen molar-refractivity contribution in [2.75, 3.05) is 0 Å². The summed E-state index contributed by atoms with van der Waals surface area (Å²) in [5, 5.41) is 11.9. The smallest absolute Gasteiger partial charge is 0.308 e. The van der Waals surface area contributed by atoms with Crippen molar-refractivity contribution in [1.82, 2.24) is 14.1 Å². The lowest BCUT2D eigenvalue weighted by Crippen LogP contribution is -2.11. The number of aromatic nitrogens is 3.